The van der Waals surface area contributed by atoms with E-state index in [4.69, 9.17) is 4.84 Å². The molecule has 14 heavy (non-hydrogen) atoms. The topological polar surface area (TPSA) is 41.6 Å². The third-order valence-electron chi connectivity index (χ3n) is 2.67. The molecule has 4 nitrogen and oxygen atoms in total. The molecule has 1 rings (SSSR count). The van der Waals surface area contributed by atoms with Crippen LogP contribution in [0.25, 0.3) is 0 Å². The molecule has 1 aliphatic carbocycles. The Balaban J connectivity index is 2.18. The molecule has 0 aromatic carbocycles. The van der Waals surface area contributed by atoms with Crippen LogP contribution >= 0.6 is 0 Å². The van der Waals surface area contributed by atoms with E-state index >= 15 is 0 Å². The van der Waals surface area contributed by atoms with Gasteiger partial charge in [-0.25, -0.2) is 10.3 Å². The molecular weight excluding hydrogens is 180 g/mol. The number of amides is 2. The number of carbonyl (C=O) groups excluding carboxylic acids is 1. The van der Waals surface area contributed by atoms with Gasteiger partial charge in [0.15, 0.2) is 0 Å². The molecule has 0 aromatic rings. The summed E-state index contributed by atoms with van der Waals surface area (Å²) in [5.74, 6) is 0. The number of nitrogens with zero attached hydrogens (tertiary/aromatic N) is 1. The van der Waals surface area contributed by atoms with Crippen LogP contribution in [0.15, 0.2) is 0 Å². The van der Waals surface area contributed by atoms with Gasteiger partial charge in [-0.2, -0.15) is 0 Å². The number of hydroxylamine groups is 1. The number of rotatable bonds is 4. The second-order valence-electron chi connectivity index (χ2n) is 3.60. The van der Waals surface area contributed by atoms with Crippen LogP contribution in [0.5, 0.6) is 0 Å². The molecule has 1 aliphatic rings. The summed E-state index contributed by atoms with van der Waals surface area (Å²) in [6.45, 7) is 5.35. The zero-order valence-electron chi connectivity index (χ0n) is 9.08. The third kappa shape index (κ3) is 3.18. The number of carbonyl (C=O) groups is 1. The van der Waals surface area contributed by atoms with Crippen molar-refractivity contribution in [3.63, 3.8) is 0 Å². The first kappa shape index (κ1) is 11.3. The van der Waals surface area contributed by atoms with Gasteiger partial charge in [-0.05, 0) is 26.7 Å². The molecule has 1 saturated carbocycles. The van der Waals surface area contributed by atoms with E-state index in [1.54, 1.807) is 4.90 Å². The standard InChI is InChI=1S/C10H20N2O2/c1-3-12(4-2)10(13)11-14-9-7-5-6-8-9/h9H,3-8H2,1-2H3,(H,11,13). The zero-order chi connectivity index (χ0) is 10.4. The number of hydrogen-bond acceptors (Lipinski definition) is 2. The van der Waals surface area contributed by atoms with E-state index in [1.165, 1.54) is 12.8 Å². The molecule has 0 radical (unpaired) electrons. The fraction of sp³-hybridized carbons (Fsp3) is 0.900. The summed E-state index contributed by atoms with van der Waals surface area (Å²) < 4.78 is 0. The van der Waals surface area contributed by atoms with E-state index < -0.39 is 0 Å². The molecule has 0 aliphatic heterocycles. The Hall–Kier alpha value is -0.770. The highest BCUT2D eigenvalue weighted by Crippen LogP contribution is 2.19. The molecule has 1 N–H and O–H groups in total. The van der Waals surface area contributed by atoms with Crippen LogP contribution < -0.4 is 5.48 Å². The Labute approximate surface area is 85.6 Å². The highest BCUT2D eigenvalue weighted by Gasteiger charge is 2.17. The summed E-state index contributed by atoms with van der Waals surface area (Å²) in [7, 11) is 0. The highest BCUT2D eigenvalue weighted by atomic mass is 16.7. The lowest BCUT2D eigenvalue weighted by Gasteiger charge is -2.20. The van der Waals surface area contributed by atoms with Gasteiger partial charge in [0.05, 0.1) is 6.10 Å². The van der Waals surface area contributed by atoms with Crippen molar-refractivity contribution in [1.82, 2.24) is 10.4 Å². The molecule has 4 heteroatoms. The van der Waals surface area contributed by atoms with Crippen LogP contribution in [-0.2, 0) is 4.84 Å². The van der Waals surface area contributed by atoms with Gasteiger partial charge in [-0.3, -0.25) is 4.84 Å². The quantitative estimate of drug-likeness (QED) is 0.704. The molecule has 0 saturated heterocycles. The summed E-state index contributed by atoms with van der Waals surface area (Å²) in [5.41, 5.74) is 2.51. The maximum atomic E-state index is 11.5. The Bertz CT molecular complexity index is 175. The van der Waals surface area contributed by atoms with Crippen molar-refractivity contribution in [2.45, 2.75) is 45.6 Å². The van der Waals surface area contributed by atoms with Crippen molar-refractivity contribution < 1.29 is 9.63 Å². The summed E-state index contributed by atoms with van der Waals surface area (Å²) in [6.07, 6.45) is 4.80. The molecule has 0 spiro atoms. The second-order valence-corrected chi connectivity index (χ2v) is 3.60. The average molecular weight is 200 g/mol. The summed E-state index contributed by atoms with van der Waals surface area (Å²) >= 11 is 0. The number of nitrogens with one attached hydrogen (secondary N) is 1. The van der Waals surface area contributed by atoms with E-state index in [9.17, 15) is 4.79 Å². The van der Waals surface area contributed by atoms with Gasteiger partial charge in [0.2, 0.25) is 0 Å². The Morgan fingerprint density at radius 1 is 1.36 bits per heavy atom. The summed E-state index contributed by atoms with van der Waals surface area (Å²) in [5, 5.41) is 0. The van der Waals surface area contributed by atoms with Crippen LogP contribution in [0.3, 0.4) is 0 Å². The van der Waals surface area contributed by atoms with Crippen molar-refractivity contribution >= 4 is 6.03 Å². The lowest BCUT2D eigenvalue weighted by molar-refractivity contribution is -0.00747. The SMILES string of the molecule is CCN(CC)C(=O)NOC1CCCC1. The maximum Gasteiger partial charge on any atom is 0.341 e. The first-order valence-corrected chi connectivity index (χ1v) is 5.48. The van der Waals surface area contributed by atoms with Crippen LogP contribution in [0.4, 0.5) is 4.79 Å². The van der Waals surface area contributed by atoms with Crippen molar-refractivity contribution in [2.24, 2.45) is 0 Å². The third-order valence-corrected chi connectivity index (χ3v) is 2.67. The van der Waals surface area contributed by atoms with Gasteiger partial charge in [0.1, 0.15) is 0 Å². The van der Waals surface area contributed by atoms with Gasteiger partial charge in [-0.1, -0.05) is 12.8 Å². The zero-order valence-corrected chi connectivity index (χ0v) is 9.08. The molecule has 0 heterocycles. The van der Waals surface area contributed by atoms with Gasteiger partial charge in [-0.15, -0.1) is 0 Å². The van der Waals surface area contributed by atoms with E-state index in [0.29, 0.717) is 0 Å². The van der Waals surface area contributed by atoms with Gasteiger partial charge in [0, 0.05) is 13.1 Å². The van der Waals surface area contributed by atoms with Gasteiger partial charge in [0.25, 0.3) is 0 Å². The second kappa shape index (κ2) is 5.86. The smallest absolute Gasteiger partial charge is 0.324 e. The van der Waals surface area contributed by atoms with E-state index in [2.05, 4.69) is 5.48 Å². The van der Waals surface area contributed by atoms with Crippen molar-refractivity contribution in [3.05, 3.63) is 0 Å². The highest BCUT2D eigenvalue weighted by molar-refractivity contribution is 5.72. The Morgan fingerprint density at radius 3 is 2.43 bits per heavy atom. The molecular formula is C10H20N2O2. The van der Waals surface area contributed by atoms with Crippen LogP contribution in [0, 0.1) is 0 Å². The molecule has 0 bridgehead atoms. The van der Waals surface area contributed by atoms with Gasteiger partial charge < -0.3 is 4.90 Å². The normalized spacial score (nSPS) is 17.0. The lowest BCUT2D eigenvalue weighted by Crippen LogP contribution is -2.41. The minimum Gasteiger partial charge on any atom is -0.324 e. The predicted octanol–water partition coefficient (Wildman–Crippen LogP) is 1.91. The average Bonchev–Trinajstić information content (AvgIpc) is 2.69. The minimum atomic E-state index is -0.123. The fourth-order valence-corrected chi connectivity index (χ4v) is 1.72. The van der Waals surface area contributed by atoms with E-state index in [1.807, 2.05) is 13.8 Å². The lowest BCUT2D eigenvalue weighted by atomic mass is 10.3. The van der Waals surface area contributed by atoms with E-state index in [0.717, 1.165) is 25.9 Å². The molecule has 0 aromatic heterocycles. The first-order chi connectivity index (χ1) is 6.77. The number of hydrogen-bond donors (Lipinski definition) is 1. The largest absolute Gasteiger partial charge is 0.341 e. The molecule has 0 atom stereocenters. The van der Waals surface area contributed by atoms with Crippen molar-refractivity contribution in [2.75, 3.05) is 13.1 Å². The first-order valence-electron chi connectivity index (χ1n) is 5.48. The Morgan fingerprint density at radius 2 is 1.93 bits per heavy atom. The summed E-state index contributed by atoms with van der Waals surface area (Å²) in [6, 6.07) is -0.123. The van der Waals surface area contributed by atoms with Crippen molar-refractivity contribution in [3.8, 4) is 0 Å². The van der Waals surface area contributed by atoms with Crippen LogP contribution in [0.2, 0.25) is 0 Å². The Kier molecular flexibility index (Phi) is 4.73. The van der Waals surface area contributed by atoms with Gasteiger partial charge >= 0.3 is 6.03 Å². The fourth-order valence-electron chi connectivity index (χ4n) is 1.72. The van der Waals surface area contributed by atoms with Crippen LogP contribution in [0.1, 0.15) is 39.5 Å². The molecule has 1 fully saturated rings. The number of urea groups is 1. The van der Waals surface area contributed by atoms with Crippen LogP contribution in [-0.4, -0.2) is 30.1 Å². The van der Waals surface area contributed by atoms with E-state index in [-0.39, 0.29) is 12.1 Å². The maximum absolute atomic E-state index is 11.5. The molecule has 2 amide bonds. The monoisotopic (exact) mass is 200 g/mol. The summed E-state index contributed by atoms with van der Waals surface area (Å²) in [4.78, 5) is 18.5. The molecule has 82 valence electrons. The predicted molar refractivity (Wildman–Crippen MR) is 54.8 cm³/mol. The molecule has 0 unspecified atom stereocenters. The van der Waals surface area contributed by atoms with Crippen molar-refractivity contribution in [1.29, 1.82) is 0 Å². The minimum absolute atomic E-state index is 0.123.